The van der Waals surface area contributed by atoms with E-state index >= 15 is 0 Å². The Kier molecular flexibility index (Phi) is 7.98. The van der Waals surface area contributed by atoms with E-state index in [1.54, 1.807) is 6.08 Å². The van der Waals surface area contributed by atoms with Crippen LogP contribution in [0.25, 0.3) is 0 Å². The van der Waals surface area contributed by atoms with E-state index in [4.69, 9.17) is 16.6 Å². The first-order chi connectivity index (χ1) is 13.0. The molecule has 5 N–H and O–H groups in total. The van der Waals surface area contributed by atoms with Crippen molar-refractivity contribution in [3.05, 3.63) is 35.9 Å². The summed E-state index contributed by atoms with van der Waals surface area (Å²) < 4.78 is 17.5. The van der Waals surface area contributed by atoms with Crippen LogP contribution in [0.3, 0.4) is 0 Å². The van der Waals surface area contributed by atoms with Crippen LogP contribution in [0.1, 0.15) is 24.0 Å². The number of rotatable bonds is 11. The van der Waals surface area contributed by atoms with Crippen molar-refractivity contribution < 1.29 is 20.8 Å². The highest BCUT2D eigenvalue weighted by molar-refractivity contribution is 5.87. The number of aliphatic imine (C=N–C) groups is 1. The molecule has 0 aliphatic heterocycles. The topological polar surface area (TPSA) is 130 Å². The summed E-state index contributed by atoms with van der Waals surface area (Å²) in [4.78, 5) is 15.7. The van der Waals surface area contributed by atoms with Crippen molar-refractivity contribution in [2.24, 2.45) is 10.7 Å². The summed E-state index contributed by atoms with van der Waals surface area (Å²) >= 11 is 0. The summed E-state index contributed by atoms with van der Waals surface area (Å²) in [6, 6.07) is 2.79. The van der Waals surface area contributed by atoms with Gasteiger partial charge < -0.3 is 25.6 Å². The minimum Gasteiger partial charge on any atom is -0.493 e. The maximum Gasteiger partial charge on any atom is 0.328 e. The molecule has 26 heavy (non-hydrogen) atoms. The molecule has 0 saturated carbocycles. The van der Waals surface area contributed by atoms with Gasteiger partial charge in [0.2, 0.25) is 0 Å². The number of benzene rings is 1. The molecule has 0 unspecified atom stereocenters. The van der Waals surface area contributed by atoms with Crippen molar-refractivity contribution in [1.82, 2.24) is 5.32 Å². The smallest absolute Gasteiger partial charge is 0.328 e. The quantitative estimate of drug-likeness (QED) is 0.205. The predicted molar refractivity (Wildman–Crippen MR) is 102 cm³/mol. The van der Waals surface area contributed by atoms with Crippen molar-refractivity contribution in [1.29, 1.82) is 5.40 Å². The van der Waals surface area contributed by atoms with E-state index in [0.717, 1.165) is 5.56 Å². The number of carboxylic acid groups (broad SMARTS) is 1. The minimum atomic E-state index is -1.03. The zero-order valence-electron chi connectivity index (χ0n) is 16.1. The van der Waals surface area contributed by atoms with Gasteiger partial charge >= 0.3 is 5.97 Å². The Balaban J connectivity index is 2.96. The fourth-order valence-electron chi connectivity index (χ4n) is 2.38. The van der Waals surface area contributed by atoms with Crippen LogP contribution in [-0.4, -0.2) is 50.1 Å². The van der Waals surface area contributed by atoms with Gasteiger partial charge in [-0.05, 0) is 37.0 Å². The summed E-state index contributed by atoms with van der Waals surface area (Å²) in [6.07, 6.45) is 4.69. The van der Waals surface area contributed by atoms with Crippen LogP contribution in [0.4, 0.5) is 0 Å². The van der Waals surface area contributed by atoms with E-state index in [1.807, 2.05) is 12.1 Å². The second-order valence-corrected chi connectivity index (χ2v) is 5.50. The van der Waals surface area contributed by atoms with Gasteiger partial charge in [-0.15, -0.1) is 6.58 Å². The summed E-state index contributed by atoms with van der Waals surface area (Å²) in [6.45, 7) is 4.13. The predicted octanol–water partition coefficient (Wildman–Crippen LogP) is 1.57. The first kappa shape index (κ1) is 19.3. The number of nitrogens with one attached hydrogen (secondary N) is 2. The van der Waals surface area contributed by atoms with Crippen LogP contribution < -0.4 is 20.5 Å². The molecule has 8 nitrogen and oxygen atoms in total. The fourth-order valence-corrected chi connectivity index (χ4v) is 2.38. The Morgan fingerprint density at radius 1 is 1.54 bits per heavy atom. The lowest BCUT2D eigenvalue weighted by Gasteiger charge is -2.13. The molecular weight excluding hydrogens is 336 g/mol. The third-order valence-corrected chi connectivity index (χ3v) is 3.59. The number of hydrogen-bond donors (Lipinski definition) is 4. The van der Waals surface area contributed by atoms with E-state index in [-0.39, 0.29) is 5.96 Å². The molecule has 1 atom stereocenters. The van der Waals surface area contributed by atoms with E-state index in [0.29, 0.717) is 42.9 Å². The van der Waals surface area contributed by atoms with Crippen molar-refractivity contribution >= 4 is 18.1 Å². The Morgan fingerprint density at radius 3 is 2.88 bits per heavy atom. The van der Waals surface area contributed by atoms with Crippen LogP contribution in [0.2, 0.25) is 1.41 Å². The number of nitrogens with two attached hydrogens (primary N) is 1. The van der Waals surface area contributed by atoms with Crippen LogP contribution in [0, 0.1) is 5.40 Å². The molecule has 1 aromatic carbocycles. The average Bonchev–Trinajstić information content (AvgIpc) is 2.66. The van der Waals surface area contributed by atoms with Gasteiger partial charge in [0.25, 0.3) is 0 Å². The third-order valence-electron chi connectivity index (χ3n) is 3.59. The molecule has 1 aromatic rings. The van der Waals surface area contributed by atoms with Crippen molar-refractivity contribution in [2.75, 3.05) is 20.8 Å². The lowest BCUT2D eigenvalue weighted by atomic mass is 10.1. The summed E-state index contributed by atoms with van der Waals surface area (Å²) in [5.41, 5.74) is 6.93. The van der Waals surface area contributed by atoms with Gasteiger partial charge in [-0.3, -0.25) is 10.4 Å². The summed E-state index contributed by atoms with van der Waals surface area (Å²) in [7, 11) is 3.05. The standard InChI is InChI=1S/C18H26N4O4/c1-4-6-12-9-13(16(26-3)15(10-12)25-2)11-22-14(17(23)24)7-5-8-21-18(19)20/h4,9-11,14H,1,5-8H2,2-3H3,(H,23,24)(H4,19,20,21)/t14-/m0/s1. The molecule has 0 saturated heterocycles. The molecule has 8 heteroatoms. The average molecular weight is 362 g/mol. The first-order valence-electron chi connectivity index (χ1n) is 8.54. The van der Waals surface area contributed by atoms with Crippen molar-refractivity contribution in [2.45, 2.75) is 25.3 Å². The van der Waals surface area contributed by atoms with Gasteiger partial charge in [-0.25, -0.2) is 4.79 Å². The zero-order valence-corrected chi connectivity index (χ0v) is 15.1. The number of nitrogens with zero attached hydrogens (tertiary/aromatic N) is 1. The number of aliphatic carboxylic acids is 1. The molecule has 0 radical (unpaired) electrons. The lowest BCUT2D eigenvalue weighted by Crippen LogP contribution is -2.31. The molecule has 0 bridgehead atoms. The monoisotopic (exact) mass is 362 g/mol. The van der Waals surface area contributed by atoms with Crippen molar-refractivity contribution in [3.63, 3.8) is 0 Å². The van der Waals surface area contributed by atoms with Crippen LogP contribution in [0.5, 0.6) is 11.5 Å². The number of carboxylic acids is 1. The minimum absolute atomic E-state index is 0.0127. The molecular formula is C18H26N4O4. The normalized spacial score (nSPS) is 13.2. The zero-order chi connectivity index (χ0) is 20.2. The van der Waals surface area contributed by atoms with E-state index < -0.39 is 12.0 Å². The van der Waals surface area contributed by atoms with E-state index in [1.165, 1.54) is 20.4 Å². The maximum atomic E-state index is 11.5. The second-order valence-electron chi connectivity index (χ2n) is 5.50. The lowest BCUT2D eigenvalue weighted by molar-refractivity contribution is -0.138. The van der Waals surface area contributed by atoms with Gasteiger partial charge in [0.1, 0.15) is 6.04 Å². The Bertz CT molecular complexity index is 707. The van der Waals surface area contributed by atoms with Crippen LogP contribution >= 0.6 is 0 Å². The molecule has 0 aromatic heterocycles. The third kappa shape index (κ3) is 6.46. The maximum absolute atomic E-state index is 11.5. The molecule has 0 fully saturated rings. The fraction of sp³-hybridized carbons (Fsp3) is 0.389. The number of methoxy groups -OCH3 is 2. The molecule has 1 rings (SSSR count). The molecule has 142 valence electrons. The molecule has 0 spiro atoms. The Hall–Kier alpha value is -3.03. The highest BCUT2D eigenvalue weighted by Gasteiger charge is 2.16. The van der Waals surface area contributed by atoms with Gasteiger partial charge in [0, 0.05) is 18.3 Å². The van der Waals surface area contributed by atoms with Gasteiger partial charge in [-0.1, -0.05) is 6.08 Å². The summed E-state index contributed by atoms with van der Waals surface area (Å²) in [5.74, 6) is -0.0124. The molecule has 0 aliphatic carbocycles. The van der Waals surface area contributed by atoms with Crippen LogP contribution in [0.15, 0.2) is 29.8 Å². The highest BCUT2D eigenvalue weighted by atomic mass is 16.5. The van der Waals surface area contributed by atoms with Gasteiger partial charge in [0.05, 0.1) is 14.2 Å². The van der Waals surface area contributed by atoms with Gasteiger partial charge in [0.15, 0.2) is 18.9 Å². The molecule has 0 aliphatic rings. The number of ether oxygens (including phenoxy) is 2. The highest BCUT2D eigenvalue weighted by Crippen LogP contribution is 2.32. The Morgan fingerprint density at radius 2 is 2.31 bits per heavy atom. The van der Waals surface area contributed by atoms with E-state index in [2.05, 4.69) is 22.3 Å². The van der Waals surface area contributed by atoms with Gasteiger partial charge in [-0.2, -0.15) is 0 Å². The number of guanidine groups is 1. The SMILES string of the molecule is [H]/N=C(\N)NCCC[C@H](N=Cc1cc(CC=C)cc(OC)c1OC)C(=O)O. The molecule has 0 amide bonds. The van der Waals surface area contributed by atoms with Crippen LogP contribution in [-0.2, 0) is 11.2 Å². The first-order valence-corrected chi connectivity index (χ1v) is 8.10. The van der Waals surface area contributed by atoms with Crippen molar-refractivity contribution in [3.8, 4) is 11.5 Å². The number of allylic oxidation sites excluding steroid dienone is 1. The molecule has 0 heterocycles. The largest absolute Gasteiger partial charge is 0.493 e. The second kappa shape index (κ2) is 10.8. The van der Waals surface area contributed by atoms with E-state index in [9.17, 15) is 9.90 Å². The number of carbonyl (C=O) groups is 1. The summed E-state index contributed by atoms with van der Waals surface area (Å²) in [5, 5.41) is 15.1. The Labute approximate surface area is 154 Å². The number of hydrogen-bond acceptors (Lipinski definition) is 5.